The minimum Gasteiger partial charge on any atom is -0.493 e. The van der Waals surface area contributed by atoms with Gasteiger partial charge in [0.15, 0.2) is 11.6 Å². The van der Waals surface area contributed by atoms with Crippen molar-refractivity contribution in [3.05, 3.63) is 131 Å². The lowest BCUT2D eigenvalue weighted by atomic mass is 10.0. The first-order chi connectivity index (χ1) is 52.2. The Labute approximate surface area is 628 Å². The van der Waals surface area contributed by atoms with Gasteiger partial charge in [0.25, 0.3) is 23.6 Å². The van der Waals surface area contributed by atoms with Crippen molar-refractivity contribution < 1.29 is 95.7 Å². The van der Waals surface area contributed by atoms with Crippen LogP contribution < -0.4 is 31.3 Å². The molecule has 108 heavy (non-hydrogen) atoms. The van der Waals surface area contributed by atoms with Crippen LogP contribution in [0.15, 0.2) is 102 Å². The van der Waals surface area contributed by atoms with Crippen LogP contribution in [0, 0.1) is 5.92 Å². The number of aliphatic hydroxyl groups is 1. The summed E-state index contributed by atoms with van der Waals surface area (Å²) in [6.45, 7) is 11.6. The van der Waals surface area contributed by atoms with Crippen LogP contribution in [0.2, 0.25) is 0 Å². The molecule has 8 rings (SSSR count). The Morgan fingerprint density at radius 1 is 0.574 bits per heavy atom. The van der Waals surface area contributed by atoms with E-state index in [0.717, 1.165) is 40.9 Å². The van der Waals surface area contributed by atoms with Crippen molar-refractivity contribution in [3.8, 4) is 16.9 Å². The second-order valence-corrected chi connectivity index (χ2v) is 26.4. The smallest absolute Gasteiger partial charge is 0.272 e. The van der Waals surface area contributed by atoms with Crippen LogP contribution in [-0.4, -0.2) is 239 Å². The van der Waals surface area contributed by atoms with Crippen molar-refractivity contribution in [3.63, 3.8) is 0 Å². The molecule has 2 aromatic heterocycles. The van der Waals surface area contributed by atoms with Gasteiger partial charge in [-0.3, -0.25) is 57.8 Å². The number of carbonyl (C=O) groups is 10. The Morgan fingerprint density at radius 3 is 1.77 bits per heavy atom. The molecule has 3 atom stereocenters. The number of Topliss-reactive ketones (excluding diaryl/α,β-unsaturated/α-hetero) is 2. The van der Waals surface area contributed by atoms with Crippen molar-refractivity contribution in [2.75, 3.05) is 143 Å². The van der Waals surface area contributed by atoms with Crippen molar-refractivity contribution in [2.45, 2.75) is 103 Å². The molecule has 584 valence electrons. The summed E-state index contributed by atoms with van der Waals surface area (Å²) in [6, 6.07) is 19.3. The monoisotopic (exact) mass is 1500 g/mol. The Balaban J connectivity index is 0.614. The van der Waals surface area contributed by atoms with E-state index in [-0.39, 0.29) is 118 Å². The SMILES string of the molecule is CC(C)[C@H](NC(=O)CCOCCOCCOCCOCCOCCOCCOCCOCCNC(=O)CCN1C(=O)C=CC1=O)C(=O)N[C@@H](C)C(=O)Cc1ccc(NC(=O)c2cc(-c3ccc(CC(=O)c4cc(NC(=O)CCCOc5cc6c(cc5CO)C(=O)N5CCCC[C@H]5C=N6)cn4C)cc3)cn2C)cc1. The molecule has 0 aliphatic carbocycles. The highest BCUT2D eigenvalue weighted by molar-refractivity contribution is 6.13. The molecule has 1 saturated heterocycles. The van der Waals surface area contributed by atoms with Gasteiger partial charge in [0.2, 0.25) is 23.6 Å². The number of rotatable bonds is 50. The number of benzene rings is 3. The molecule has 6 N–H and O–H groups in total. The van der Waals surface area contributed by atoms with Gasteiger partial charge in [0, 0.05) is 119 Å². The maximum Gasteiger partial charge on any atom is 0.272 e. The number of piperidine rings is 1. The Bertz CT molecular complexity index is 3870. The van der Waals surface area contributed by atoms with Gasteiger partial charge in [0.1, 0.15) is 17.5 Å². The molecule has 3 aliphatic rings. The van der Waals surface area contributed by atoms with E-state index in [1.54, 1.807) is 98.7 Å². The molecule has 0 saturated carbocycles. The quantitative estimate of drug-likeness (QED) is 0.0161. The second-order valence-electron chi connectivity index (χ2n) is 26.4. The predicted octanol–water partition coefficient (Wildman–Crippen LogP) is 5.42. The number of aliphatic imine (C=N–C) groups is 1. The first-order valence-electron chi connectivity index (χ1n) is 36.7. The summed E-state index contributed by atoms with van der Waals surface area (Å²) in [5.41, 5.74) is 6.27. The Morgan fingerprint density at radius 2 is 1.16 bits per heavy atom. The third kappa shape index (κ3) is 27.2. The molecule has 5 aromatic rings. The number of fused-ring (bicyclic) bond motifs is 2. The number of imide groups is 1. The predicted molar refractivity (Wildman–Crippen MR) is 399 cm³/mol. The average molecular weight is 1500 g/mol. The number of amides is 8. The highest BCUT2D eigenvalue weighted by atomic mass is 16.6. The van der Waals surface area contributed by atoms with Crippen LogP contribution in [0.5, 0.6) is 5.75 Å². The Kier molecular flexibility index (Phi) is 34.7. The van der Waals surface area contributed by atoms with Gasteiger partial charge in [-0.25, -0.2) is 0 Å². The number of anilines is 2. The van der Waals surface area contributed by atoms with Gasteiger partial charge in [-0.1, -0.05) is 50.2 Å². The summed E-state index contributed by atoms with van der Waals surface area (Å²) < 4.78 is 53.4. The van der Waals surface area contributed by atoms with Crippen molar-refractivity contribution in [1.82, 2.24) is 34.9 Å². The van der Waals surface area contributed by atoms with E-state index < -0.39 is 29.8 Å². The van der Waals surface area contributed by atoms with Crippen LogP contribution in [0.1, 0.15) is 114 Å². The number of ether oxygens (including phenoxy) is 9. The van der Waals surface area contributed by atoms with E-state index in [9.17, 15) is 53.1 Å². The molecule has 0 spiro atoms. The number of aromatic nitrogens is 2. The lowest BCUT2D eigenvalue weighted by Crippen LogP contribution is -2.53. The van der Waals surface area contributed by atoms with Crippen LogP contribution in [-0.2, 0) is 105 Å². The molecule has 3 aliphatic heterocycles. The number of carbonyl (C=O) groups excluding carboxylic acids is 10. The molecular formula is C78H102N10O20. The van der Waals surface area contributed by atoms with Gasteiger partial charge < -0.3 is 88.4 Å². The lowest BCUT2D eigenvalue weighted by Gasteiger charge is -2.32. The highest BCUT2D eigenvalue weighted by Gasteiger charge is 2.32. The van der Waals surface area contributed by atoms with Gasteiger partial charge >= 0.3 is 0 Å². The van der Waals surface area contributed by atoms with Gasteiger partial charge in [-0.15, -0.1) is 0 Å². The van der Waals surface area contributed by atoms with Gasteiger partial charge in [-0.2, -0.15) is 0 Å². The fourth-order valence-electron chi connectivity index (χ4n) is 11.9. The first kappa shape index (κ1) is 84.0. The van der Waals surface area contributed by atoms with Crippen molar-refractivity contribution in [1.29, 1.82) is 0 Å². The Hall–Kier alpha value is -9.63. The molecule has 0 radical (unpaired) electrons. The topological polar surface area (TPSA) is 363 Å². The molecule has 3 aromatic carbocycles. The highest BCUT2D eigenvalue weighted by Crippen LogP contribution is 2.35. The molecule has 30 heteroatoms. The number of aryl methyl sites for hydroxylation is 2. The number of ketones is 2. The molecular weight excluding hydrogens is 1400 g/mol. The number of nitrogens with zero attached hydrogens (tertiary/aromatic N) is 5. The number of hydrogen-bond acceptors (Lipinski definition) is 21. The zero-order chi connectivity index (χ0) is 77.2. The first-order valence-corrected chi connectivity index (χ1v) is 36.7. The zero-order valence-corrected chi connectivity index (χ0v) is 62.3. The third-order valence-electron chi connectivity index (χ3n) is 17.9. The standard InChI is InChI=1S/C78H102N10O20/c1-53(2)75(84-72(94)22-27-100-29-31-102-33-35-104-37-39-106-41-42-107-40-38-105-36-34-103-32-30-101-28-23-79-70(92)21-25-88-73(95)19-20-74(88)96)77(98)81-54(3)67(90)43-56-13-17-60(18-14-56)83-76(97)66-46-58(50-85(66)4)57-15-11-55(12-16-57)44-68(91)65-47-61(51-86(65)5)82-71(93)10-8-26-108-69-48-64-63(45-59(69)52-89)78(99)87-24-7-6-9-62(87)49-80-64/h11-20,45-51,53-54,62,75,89H,6-10,21-44,52H2,1-5H3,(H,79,92)(H,81,98)(H,82,93)(H,83,97)(H,84,94)/t54-,62-,75-/m0/s1. The van der Waals surface area contributed by atoms with E-state index in [0.29, 0.717) is 163 Å². The summed E-state index contributed by atoms with van der Waals surface area (Å²) >= 11 is 0. The lowest BCUT2D eigenvalue weighted by molar-refractivity contribution is -0.137. The molecule has 8 amide bonds. The number of hydrogen-bond donors (Lipinski definition) is 6. The van der Waals surface area contributed by atoms with Crippen molar-refractivity contribution in [2.24, 2.45) is 25.0 Å². The maximum atomic E-state index is 13.6. The number of aliphatic hydroxyl groups excluding tert-OH is 1. The summed E-state index contributed by atoms with van der Waals surface area (Å²) in [6.07, 6.45) is 11.2. The summed E-state index contributed by atoms with van der Waals surface area (Å²) in [5, 5.41) is 24.1. The fourth-order valence-corrected chi connectivity index (χ4v) is 11.9. The molecule has 30 nitrogen and oxygen atoms in total. The van der Waals surface area contributed by atoms with Crippen LogP contribution in [0.25, 0.3) is 11.1 Å². The van der Waals surface area contributed by atoms with Gasteiger partial charge in [0.05, 0.1) is 154 Å². The maximum absolute atomic E-state index is 13.6. The fraction of sp³-hybridized carbons (Fsp3) is 0.500. The zero-order valence-electron chi connectivity index (χ0n) is 62.3. The van der Waals surface area contributed by atoms with Gasteiger partial charge in [-0.05, 0) is 85.5 Å². The van der Waals surface area contributed by atoms with Crippen LogP contribution in [0.4, 0.5) is 17.1 Å². The second kappa shape index (κ2) is 44.6. The van der Waals surface area contributed by atoms with E-state index in [1.165, 1.54) is 12.2 Å². The number of nitrogens with one attached hydrogen (secondary N) is 5. The summed E-state index contributed by atoms with van der Waals surface area (Å²) in [5.74, 6) is -2.96. The van der Waals surface area contributed by atoms with Crippen LogP contribution >= 0.6 is 0 Å². The van der Waals surface area contributed by atoms with E-state index in [1.807, 2.05) is 41.6 Å². The third-order valence-corrected chi connectivity index (χ3v) is 17.9. The van der Waals surface area contributed by atoms with E-state index >= 15 is 0 Å². The molecule has 0 bridgehead atoms. The van der Waals surface area contributed by atoms with E-state index in [2.05, 4.69) is 31.6 Å². The molecule has 0 unspecified atom stereocenters. The molecule has 5 heterocycles. The largest absolute Gasteiger partial charge is 0.493 e. The minimum atomic E-state index is -0.889. The van der Waals surface area contributed by atoms with Crippen LogP contribution in [0.3, 0.4) is 0 Å². The normalized spacial score (nSPS) is 14.5. The average Bonchev–Trinajstić information content (AvgIpc) is 1.88. The van der Waals surface area contributed by atoms with Crippen molar-refractivity contribution >= 4 is 82.1 Å². The minimum absolute atomic E-state index is 0.0107. The summed E-state index contributed by atoms with van der Waals surface area (Å²) in [4.78, 5) is 136. The summed E-state index contributed by atoms with van der Waals surface area (Å²) in [7, 11) is 3.51. The molecule has 1 fully saturated rings. The van der Waals surface area contributed by atoms with E-state index in [4.69, 9.17) is 42.6 Å².